The summed E-state index contributed by atoms with van der Waals surface area (Å²) in [6.07, 6.45) is 0. The van der Waals surface area contributed by atoms with Crippen molar-refractivity contribution in [1.29, 1.82) is 0 Å². The van der Waals surface area contributed by atoms with Gasteiger partial charge in [-0.2, -0.15) is 0 Å². The molecule has 0 amide bonds. The molecule has 16 heavy (non-hydrogen) atoms. The molecule has 82 valence electrons. The van der Waals surface area contributed by atoms with Crippen molar-refractivity contribution in [2.45, 2.75) is 12.8 Å². The highest BCUT2D eigenvalue weighted by Gasteiger charge is 2.21. The maximum Gasteiger partial charge on any atom is 0.123 e. The summed E-state index contributed by atoms with van der Waals surface area (Å²) in [7, 11) is 0. The van der Waals surface area contributed by atoms with Crippen LogP contribution in [0.2, 0.25) is 0 Å². The second-order valence-corrected chi connectivity index (χ2v) is 5.11. The van der Waals surface area contributed by atoms with E-state index < -0.39 is 0 Å². The summed E-state index contributed by atoms with van der Waals surface area (Å²) in [5, 5.41) is 6.64. The second-order valence-electron chi connectivity index (χ2n) is 4.25. The molecule has 0 spiro atoms. The first-order chi connectivity index (χ1) is 7.84. The SMILES string of the molecule is Cc1ccccc1-c1nc(C2CNC2)cs1. The zero-order chi connectivity index (χ0) is 11.0. The van der Waals surface area contributed by atoms with Crippen molar-refractivity contribution in [1.82, 2.24) is 10.3 Å². The Labute approximate surface area is 99.4 Å². The minimum atomic E-state index is 0.633. The Morgan fingerprint density at radius 3 is 2.81 bits per heavy atom. The van der Waals surface area contributed by atoms with Crippen molar-refractivity contribution in [3.63, 3.8) is 0 Å². The van der Waals surface area contributed by atoms with E-state index in [1.54, 1.807) is 11.3 Å². The Morgan fingerprint density at radius 1 is 1.31 bits per heavy atom. The molecule has 3 rings (SSSR count). The number of hydrogen-bond donors (Lipinski definition) is 1. The Morgan fingerprint density at radius 2 is 2.12 bits per heavy atom. The maximum absolute atomic E-state index is 4.74. The second kappa shape index (κ2) is 4.00. The molecule has 1 saturated heterocycles. The van der Waals surface area contributed by atoms with Gasteiger partial charge < -0.3 is 5.32 Å². The summed E-state index contributed by atoms with van der Waals surface area (Å²) >= 11 is 1.76. The van der Waals surface area contributed by atoms with Gasteiger partial charge in [-0.15, -0.1) is 11.3 Å². The number of rotatable bonds is 2. The van der Waals surface area contributed by atoms with Crippen molar-refractivity contribution in [2.24, 2.45) is 0 Å². The Hall–Kier alpha value is -1.19. The number of aromatic nitrogens is 1. The van der Waals surface area contributed by atoms with Gasteiger partial charge in [-0.05, 0) is 12.5 Å². The fourth-order valence-electron chi connectivity index (χ4n) is 1.91. The number of nitrogens with zero attached hydrogens (tertiary/aromatic N) is 1. The first kappa shape index (κ1) is 10.00. The average Bonchev–Trinajstić information content (AvgIpc) is 2.65. The van der Waals surface area contributed by atoms with E-state index in [0.29, 0.717) is 5.92 Å². The average molecular weight is 230 g/mol. The van der Waals surface area contributed by atoms with E-state index in [2.05, 4.69) is 41.9 Å². The van der Waals surface area contributed by atoms with Crippen molar-refractivity contribution in [3.05, 3.63) is 40.9 Å². The number of hydrogen-bond acceptors (Lipinski definition) is 3. The van der Waals surface area contributed by atoms with E-state index in [1.807, 2.05) is 0 Å². The van der Waals surface area contributed by atoms with Crippen molar-refractivity contribution in [2.75, 3.05) is 13.1 Å². The molecule has 1 N–H and O–H groups in total. The minimum absolute atomic E-state index is 0.633. The zero-order valence-corrected chi connectivity index (χ0v) is 10.1. The first-order valence-corrected chi connectivity index (χ1v) is 6.44. The predicted molar refractivity (Wildman–Crippen MR) is 67.9 cm³/mol. The third-order valence-electron chi connectivity index (χ3n) is 3.10. The minimum Gasteiger partial charge on any atom is -0.315 e. The van der Waals surface area contributed by atoms with Gasteiger partial charge in [0.15, 0.2) is 0 Å². The van der Waals surface area contributed by atoms with Crippen LogP contribution in [0.1, 0.15) is 17.2 Å². The molecule has 0 atom stereocenters. The third kappa shape index (κ3) is 1.66. The highest BCUT2D eigenvalue weighted by Crippen LogP contribution is 2.30. The topological polar surface area (TPSA) is 24.9 Å². The van der Waals surface area contributed by atoms with Crippen LogP contribution in [-0.4, -0.2) is 18.1 Å². The number of nitrogens with one attached hydrogen (secondary N) is 1. The van der Waals surface area contributed by atoms with Crippen LogP contribution < -0.4 is 5.32 Å². The molecule has 2 aromatic rings. The fraction of sp³-hybridized carbons (Fsp3) is 0.308. The highest BCUT2D eigenvalue weighted by atomic mass is 32.1. The Kier molecular flexibility index (Phi) is 2.50. The molecule has 0 saturated carbocycles. The molecule has 3 heteroatoms. The lowest BCUT2D eigenvalue weighted by Crippen LogP contribution is -2.40. The number of thiazole rings is 1. The van der Waals surface area contributed by atoms with Gasteiger partial charge in [-0.1, -0.05) is 24.3 Å². The van der Waals surface area contributed by atoms with E-state index >= 15 is 0 Å². The number of aryl methyl sites for hydroxylation is 1. The van der Waals surface area contributed by atoms with E-state index in [9.17, 15) is 0 Å². The van der Waals surface area contributed by atoms with Gasteiger partial charge in [0.25, 0.3) is 0 Å². The van der Waals surface area contributed by atoms with Gasteiger partial charge in [0.2, 0.25) is 0 Å². The lowest BCUT2D eigenvalue weighted by molar-refractivity contribution is 0.441. The van der Waals surface area contributed by atoms with E-state index in [0.717, 1.165) is 18.1 Å². The molecule has 0 radical (unpaired) electrons. The fourth-order valence-corrected chi connectivity index (χ4v) is 2.90. The van der Waals surface area contributed by atoms with Crippen LogP contribution in [0.5, 0.6) is 0 Å². The molecule has 1 aliphatic rings. The van der Waals surface area contributed by atoms with Gasteiger partial charge in [0.05, 0.1) is 5.69 Å². The lowest BCUT2D eigenvalue weighted by Gasteiger charge is -2.25. The molecule has 2 nitrogen and oxygen atoms in total. The Bertz CT molecular complexity index is 500. The van der Waals surface area contributed by atoms with Crippen molar-refractivity contribution in [3.8, 4) is 10.6 Å². The molecule has 1 aromatic heterocycles. The van der Waals surface area contributed by atoms with E-state index in [-0.39, 0.29) is 0 Å². The maximum atomic E-state index is 4.74. The van der Waals surface area contributed by atoms with Crippen LogP contribution >= 0.6 is 11.3 Å². The van der Waals surface area contributed by atoms with Crippen LogP contribution in [0.15, 0.2) is 29.6 Å². The summed E-state index contributed by atoms with van der Waals surface area (Å²) in [6, 6.07) is 8.44. The zero-order valence-electron chi connectivity index (χ0n) is 9.23. The van der Waals surface area contributed by atoms with Gasteiger partial charge in [-0.25, -0.2) is 4.98 Å². The summed E-state index contributed by atoms with van der Waals surface area (Å²) in [5.41, 5.74) is 3.82. The van der Waals surface area contributed by atoms with Crippen molar-refractivity contribution < 1.29 is 0 Å². The molecule has 0 bridgehead atoms. The molecule has 1 fully saturated rings. The first-order valence-electron chi connectivity index (χ1n) is 5.57. The summed E-state index contributed by atoms with van der Waals surface area (Å²) < 4.78 is 0. The molecule has 0 aliphatic carbocycles. The largest absolute Gasteiger partial charge is 0.315 e. The summed E-state index contributed by atoms with van der Waals surface area (Å²) in [6.45, 7) is 4.30. The standard InChI is InChI=1S/C13H14N2S/c1-9-4-2-3-5-11(9)13-15-12(8-16-13)10-6-14-7-10/h2-5,8,10,14H,6-7H2,1H3. The van der Waals surface area contributed by atoms with Crippen LogP contribution in [-0.2, 0) is 0 Å². The lowest BCUT2D eigenvalue weighted by atomic mass is 10.0. The quantitative estimate of drug-likeness (QED) is 0.858. The van der Waals surface area contributed by atoms with Crippen LogP contribution in [0.4, 0.5) is 0 Å². The smallest absolute Gasteiger partial charge is 0.123 e. The molecular weight excluding hydrogens is 216 g/mol. The molecule has 1 aromatic carbocycles. The molecule has 0 unspecified atom stereocenters. The molecular formula is C13H14N2S. The monoisotopic (exact) mass is 230 g/mol. The van der Waals surface area contributed by atoms with Gasteiger partial charge in [-0.3, -0.25) is 0 Å². The van der Waals surface area contributed by atoms with Gasteiger partial charge in [0, 0.05) is 30.0 Å². The summed E-state index contributed by atoms with van der Waals surface area (Å²) in [5.74, 6) is 0.633. The highest BCUT2D eigenvalue weighted by molar-refractivity contribution is 7.13. The van der Waals surface area contributed by atoms with E-state index in [1.165, 1.54) is 16.8 Å². The van der Waals surface area contributed by atoms with E-state index in [4.69, 9.17) is 4.98 Å². The van der Waals surface area contributed by atoms with Crippen LogP contribution in [0.3, 0.4) is 0 Å². The Balaban J connectivity index is 1.95. The third-order valence-corrected chi connectivity index (χ3v) is 3.99. The van der Waals surface area contributed by atoms with Crippen LogP contribution in [0.25, 0.3) is 10.6 Å². The predicted octanol–water partition coefficient (Wildman–Crippen LogP) is 2.81. The van der Waals surface area contributed by atoms with Gasteiger partial charge in [0.1, 0.15) is 5.01 Å². The molecule has 2 heterocycles. The number of benzene rings is 1. The van der Waals surface area contributed by atoms with Gasteiger partial charge >= 0.3 is 0 Å². The summed E-state index contributed by atoms with van der Waals surface area (Å²) in [4.78, 5) is 4.74. The normalized spacial score (nSPS) is 16.1. The molecule has 1 aliphatic heterocycles. The van der Waals surface area contributed by atoms with Crippen molar-refractivity contribution >= 4 is 11.3 Å². The van der Waals surface area contributed by atoms with Crippen LogP contribution in [0, 0.1) is 6.92 Å².